The van der Waals surface area contributed by atoms with Crippen LogP contribution in [-0.4, -0.2) is 28.9 Å². The fourth-order valence-electron chi connectivity index (χ4n) is 4.49. The molecular formula is C17H21ClN2O. The van der Waals surface area contributed by atoms with Crippen molar-refractivity contribution in [3.05, 3.63) is 34.3 Å². The van der Waals surface area contributed by atoms with Crippen LogP contribution in [0.1, 0.15) is 49.1 Å². The Bertz CT molecular complexity index is 589. The minimum Gasteiger partial charge on any atom is -0.336 e. The molecule has 2 N–H and O–H groups in total. The molecule has 1 saturated carbocycles. The SMILES string of the molecule is NC1CC2(CCCCN2C(=O)C2Cc3c(Cl)cccc32)C1. The third-order valence-electron chi connectivity index (χ3n) is 5.63. The summed E-state index contributed by atoms with van der Waals surface area (Å²) in [7, 11) is 0. The lowest BCUT2D eigenvalue weighted by Gasteiger charge is -2.57. The zero-order valence-electron chi connectivity index (χ0n) is 12.1. The molecule has 1 amide bonds. The van der Waals surface area contributed by atoms with Gasteiger partial charge in [-0.05, 0) is 55.7 Å². The maximum Gasteiger partial charge on any atom is 0.230 e. The van der Waals surface area contributed by atoms with Gasteiger partial charge in [0.2, 0.25) is 5.91 Å². The van der Waals surface area contributed by atoms with E-state index in [1.54, 1.807) is 0 Å². The van der Waals surface area contributed by atoms with Gasteiger partial charge in [0.1, 0.15) is 0 Å². The zero-order valence-corrected chi connectivity index (χ0v) is 12.9. The van der Waals surface area contributed by atoms with Crippen molar-refractivity contribution in [2.45, 2.75) is 56.0 Å². The van der Waals surface area contributed by atoms with E-state index in [1.807, 2.05) is 12.1 Å². The van der Waals surface area contributed by atoms with Crippen LogP contribution in [-0.2, 0) is 11.2 Å². The lowest BCUT2D eigenvalue weighted by Crippen LogP contribution is -2.66. The molecule has 1 heterocycles. The monoisotopic (exact) mass is 304 g/mol. The zero-order chi connectivity index (χ0) is 14.6. The topological polar surface area (TPSA) is 46.3 Å². The average molecular weight is 305 g/mol. The number of nitrogens with two attached hydrogens (primary N) is 1. The number of amides is 1. The Morgan fingerprint density at radius 1 is 1.33 bits per heavy atom. The van der Waals surface area contributed by atoms with E-state index in [0.29, 0.717) is 5.91 Å². The molecule has 3 aliphatic rings. The summed E-state index contributed by atoms with van der Waals surface area (Å²) in [6.45, 7) is 0.901. The quantitative estimate of drug-likeness (QED) is 0.867. The summed E-state index contributed by atoms with van der Waals surface area (Å²) in [4.78, 5) is 15.2. The summed E-state index contributed by atoms with van der Waals surface area (Å²) in [6.07, 6.45) is 6.23. The Kier molecular flexibility index (Phi) is 3.05. The number of carbonyl (C=O) groups is 1. The predicted molar refractivity (Wildman–Crippen MR) is 83.4 cm³/mol. The van der Waals surface area contributed by atoms with E-state index in [4.69, 9.17) is 17.3 Å². The summed E-state index contributed by atoms with van der Waals surface area (Å²) in [5.74, 6) is 0.321. The molecule has 0 aromatic heterocycles. The Morgan fingerprint density at radius 3 is 2.90 bits per heavy atom. The van der Waals surface area contributed by atoms with Crippen LogP contribution in [0.5, 0.6) is 0 Å². The number of carbonyl (C=O) groups excluding carboxylic acids is 1. The minimum absolute atomic E-state index is 0.0190. The first-order valence-electron chi connectivity index (χ1n) is 7.95. The third kappa shape index (κ3) is 1.94. The number of rotatable bonds is 1. The molecule has 4 heteroatoms. The van der Waals surface area contributed by atoms with Crippen LogP contribution in [0.3, 0.4) is 0 Å². The van der Waals surface area contributed by atoms with Crippen LogP contribution in [0.2, 0.25) is 5.02 Å². The molecule has 3 nitrogen and oxygen atoms in total. The van der Waals surface area contributed by atoms with E-state index >= 15 is 0 Å². The highest BCUT2D eigenvalue weighted by Gasteiger charge is 2.51. The smallest absolute Gasteiger partial charge is 0.230 e. The number of fused-ring (bicyclic) bond motifs is 1. The van der Waals surface area contributed by atoms with Gasteiger partial charge < -0.3 is 10.6 Å². The second kappa shape index (κ2) is 4.72. The van der Waals surface area contributed by atoms with Gasteiger partial charge in [0.25, 0.3) is 0 Å². The molecule has 1 atom stereocenters. The van der Waals surface area contributed by atoms with Gasteiger partial charge in [-0.25, -0.2) is 0 Å². The second-order valence-electron chi connectivity index (χ2n) is 6.90. The summed E-state index contributed by atoms with van der Waals surface area (Å²) < 4.78 is 0. The lowest BCUT2D eigenvalue weighted by molar-refractivity contribution is -0.148. The van der Waals surface area contributed by atoms with Gasteiger partial charge in [0.15, 0.2) is 0 Å². The molecule has 2 aliphatic carbocycles. The number of hydrogen-bond acceptors (Lipinski definition) is 2. The van der Waals surface area contributed by atoms with E-state index in [2.05, 4.69) is 11.0 Å². The maximum absolute atomic E-state index is 13.0. The van der Waals surface area contributed by atoms with E-state index in [9.17, 15) is 4.79 Å². The normalized spacial score (nSPS) is 34.1. The van der Waals surface area contributed by atoms with E-state index in [0.717, 1.165) is 54.8 Å². The lowest BCUT2D eigenvalue weighted by atomic mass is 9.66. The number of nitrogens with zero attached hydrogens (tertiary/aromatic N) is 1. The number of likely N-dealkylation sites (tertiary alicyclic amines) is 1. The summed E-state index contributed by atoms with van der Waals surface area (Å²) >= 11 is 6.19. The van der Waals surface area contributed by atoms with Crippen LogP contribution < -0.4 is 5.73 Å². The van der Waals surface area contributed by atoms with Crippen LogP contribution in [0.25, 0.3) is 0 Å². The van der Waals surface area contributed by atoms with Gasteiger partial charge in [0, 0.05) is 23.1 Å². The van der Waals surface area contributed by atoms with Crippen molar-refractivity contribution >= 4 is 17.5 Å². The molecule has 1 aromatic carbocycles. The highest BCUT2D eigenvalue weighted by Crippen LogP contribution is 2.47. The molecule has 0 bridgehead atoms. The molecule has 1 unspecified atom stereocenters. The van der Waals surface area contributed by atoms with Crippen molar-refractivity contribution in [3.8, 4) is 0 Å². The molecule has 21 heavy (non-hydrogen) atoms. The van der Waals surface area contributed by atoms with E-state index in [-0.39, 0.29) is 17.5 Å². The third-order valence-corrected chi connectivity index (χ3v) is 5.99. The molecule has 0 radical (unpaired) electrons. The van der Waals surface area contributed by atoms with Crippen molar-refractivity contribution < 1.29 is 4.79 Å². The van der Waals surface area contributed by atoms with Crippen molar-refractivity contribution in [1.29, 1.82) is 0 Å². The first-order chi connectivity index (χ1) is 10.1. The minimum atomic E-state index is 0.0190. The largest absolute Gasteiger partial charge is 0.336 e. The summed E-state index contributed by atoms with van der Waals surface area (Å²) in [6, 6.07) is 6.19. The van der Waals surface area contributed by atoms with Crippen molar-refractivity contribution in [2.24, 2.45) is 5.73 Å². The summed E-state index contributed by atoms with van der Waals surface area (Å²) in [5, 5.41) is 0.801. The highest BCUT2D eigenvalue weighted by molar-refractivity contribution is 6.31. The van der Waals surface area contributed by atoms with E-state index in [1.165, 1.54) is 6.42 Å². The molecule has 4 rings (SSSR count). The molecule has 2 fully saturated rings. The fourth-order valence-corrected chi connectivity index (χ4v) is 4.75. The number of piperidine rings is 1. The Labute approximate surface area is 130 Å². The summed E-state index contributed by atoms with van der Waals surface area (Å²) in [5.41, 5.74) is 8.38. The Hall–Kier alpha value is -1.06. The van der Waals surface area contributed by atoms with Gasteiger partial charge in [-0.1, -0.05) is 23.7 Å². The standard InChI is InChI=1S/C17H21ClN2O/c18-15-5-3-4-12-13(15)8-14(12)16(21)20-7-2-1-6-17(20)9-11(19)10-17/h3-5,11,14H,1-2,6-10,19H2. The molecular weight excluding hydrogens is 284 g/mol. The number of hydrogen-bond donors (Lipinski definition) is 1. The first kappa shape index (κ1) is 13.6. The molecule has 1 aliphatic heterocycles. The van der Waals surface area contributed by atoms with Gasteiger partial charge in [-0.3, -0.25) is 4.79 Å². The number of benzene rings is 1. The van der Waals surface area contributed by atoms with Crippen molar-refractivity contribution in [3.63, 3.8) is 0 Å². The van der Waals surface area contributed by atoms with Crippen molar-refractivity contribution in [2.75, 3.05) is 6.54 Å². The van der Waals surface area contributed by atoms with Gasteiger partial charge in [-0.2, -0.15) is 0 Å². The predicted octanol–water partition coefficient (Wildman–Crippen LogP) is 2.85. The molecule has 1 saturated heterocycles. The Balaban J connectivity index is 1.58. The fraction of sp³-hybridized carbons (Fsp3) is 0.588. The average Bonchev–Trinajstić information content (AvgIpc) is 2.40. The molecule has 112 valence electrons. The molecule has 1 aromatic rings. The number of halogens is 1. The van der Waals surface area contributed by atoms with Crippen LogP contribution in [0.4, 0.5) is 0 Å². The van der Waals surface area contributed by atoms with Crippen molar-refractivity contribution in [1.82, 2.24) is 4.90 Å². The first-order valence-corrected chi connectivity index (χ1v) is 8.33. The van der Waals surface area contributed by atoms with Crippen LogP contribution >= 0.6 is 11.6 Å². The van der Waals surface area contributed by atoms with Gasteiger partial charge in [-0.15, -0.1) is 0 Å². The highest BCUT2D eigenvalue weighted by atomic mass is 35.5. The van der Waals surface area contributed by atoms with Gasteiger partial charge >= 0.3 is 0 Å². The Morgan fingerprint density at radius 2 is 2.14 bits per heavy atom. The second-order valence-corrected chi connectivity index (χ2v) is 7.31. The van der Waals surface area contributed by atoms with Gasteiger partial charge in [0.05, 0.1) is 5.92 Å². The van der Waals surface area contributed by atoms with Crippen LogP contribution in [0, 0.1) is 0 Å². The van der Waals surface area contributed by atoms with Crippen LogP contribution in [0.15, 0.2) is 18.2 Å². The van der Waals surface area contributed by atoms with E-state index < -0.39 is 0 Å². The molecule has 1 spiro atoms. The maximum atomic E-state index is 13.0.